The van der Waals surface area contributed by atoms with Crippen molar-refractivity contribution in [1.29, 1.82) is 0 Å². The van der Waals surface area contributed by atoms with Crippen LogP contribution >= 0.6 is 0 Å². The van der Waals surface area contributed by atoms with Gasteiger partial charge in [0.05, 0.1) is 42.1 Å². The molecule has 2 saturated heterocycles. The molecule has 7 rings (SSSR count). The Labute approximate surface area is 262 Å². The molecule has 0 saturated carbocycles. The molecule has 3 amide bonds. The summed E-state index contributed by atoms with van der Waals surface area (Å²) in [5, 5.41) is 11.7. The summed E-state index contributed by atoms with van der Waals surface area (Å²) in [6.07, 6.45) is 2.15. The molecule has 4 aliphatic heterocycles. The third-order valence-corrected chi connectivity index (χ3v) is 10.4. The van der Waals surface area contributed by atoms with Gasteiger partial charge < -0.3 is 19.6 Å². The van der Waals surface area contributed by atoms with E-state index < -0.39 is 29.2 Å². The first-order chi connectivity index (χ1) is 21.5. The Kier molecular flexibility index (Phi) is 6.91. The number of halogens is 1. The Morgan fingerprint density at radius 1 is 1.16 bits per heavy atom. The van der Waals surface area contributed by atoms with Gasteiger partial charge in [-0.15, -0.1) is 6.58 Å². The van der Waals surface area contributed by atoms with Crippen LogP contribution in [0.2, 0.25) is 0 Å². The van der Waals surface area contributed by atoms with Crippen molar-refractivity contribution in [1.82, 2.24) is 4.90 Å². The van der Waals surface area contributed by atoms with Crippen LogP contribution in [-0.2, 0) is 19.9 Å². The summed E-state index contributed by atoms with van der Waals surface area (Å²) >= 11 is 0. The lowest BCUT2D eigenvalue weighted by Gasteiger charge is -2.33. The van der Waals surface area contributed by atoms with Crippen molar-refractivity contribution < 1.29 is 28.6 Å². The maximum absolute atomic E-state index is 16.2. The lowest BCUT2D eigenvalue weighted by atomic mass is 9.71. The fourth-order valence-corrected chi connectivity index (χ4v) is 8.50. The topological polar surface area (TPSA) is 90.4 Å². The molecule has 3 aromatic rings. The van der Waals surface area contributed by atoms with E-state index in [0.29, 0.717) is 35.5 Å². The SMILES string of the molecule is C=CCN1C(=O)[C@]2(O[C@H](CC(=O)N3CCC[C@H]3CO)[C@@H](C(C)(C)F)[C@@H]2C)c2cc(N3C(=O)c4cccc5cccc3c45)ccc21. The van der Waals surface area contributed by atoms with Gasteiger partial charge in [0.1, 0.15) is 5.67 Å². The van der Waals surface area contributed by atoms with Crippen molar-refractivity contribution in [2.45, 2.75) is 63.4 Å². The van der Waals surface area contributed by atoms with E-state index in [2.05, 4.69) is 6.58 Å². The second kappa shape index (κ2) is 10.5. The number of carbonyl (C=O) groups excluding carboxylic acids is 3. The van der Waals surface area contributed by atoms with Crippen LogP contribution in [0.4, 0.5) is 21.5 Å². The van der Waals surface area contributed by atoms with Crippen molar-refractivity contribution in [3.05, 3.63) is 78.4 Å². The highest BCUT2D eigenvalue weighted by atomic mass is 19.1. The lowest BCUT2D eigenvalue weighted by Crippen LogP contribution is -2.45. The molecular formula is C36H38FN3O5. The first-order valence-electron chi connectivity index (χ1n) is 15.7. The van der Waals surface area contributed by atoms with Crippen molar-refractivity contribution in [2.24, 2.45) is 11.8 Å². The summed E-state index contributed by atoms with van der Waals surface area (Å²) in [6.45, 7) is 9.23. The molecule has 0 radical (unpaired) electrons. The predicted molar refractivity (Wildman–Crippen MR) is 170 cm³/mol. The number of rotatable bonds is 7. The number of hydrogen-bond donors (Lipinski definition) is 1. The standard InChI is InChI=1S/C36H38FN3O5/c1-5-16-39-27-15-14-23(40-28-13-7-10-22-9-6-12-25(31(22)28)33(40)43)18-26(27)36(34(39)44)21(2)32(35(3,4)37)29(45-36)19-30(42)38-17-8-11-24(38)20-41/h5-7,9-10,12-15,18,21,24,29,32,41H,1,8,11,16-17,19-20H2,2-4H3/t21-,24-,29+,32-,36+/m0/s1. The van der Waals surface area contributed by atoms with Gasteiger partial charge in [0.25, 0.3) is 11.8 Å². The molecule has 45 heavy (non-hydrogen) atoms. The van der Waals surface area contributed by atoms with E-state index in [1.165, 1.54) is 13.8 Å². The quantitative estimate of drug-likeness (QED) is 0.350. The van der Waals surface area contributed by atoms with Gasteiger partial charge in [0, 0.05) is 41.6 Å². The fraction of sp³-hybridized carbons (Fsp3) is 0.417. The number of likely N-dealkylation sites (tertiary alicyclic amines) is 1. The molecule has 8 nitrogen and oxygen atoms in total. The maximum Gasteiger partial charge on any atom is 0.264 e. The molecule has 4 aliphatic rings. The van der Waals surface area contributed by atoms with E-state index >= 15 is 4.39 Å². The van der Waals surface area contributed by atoms with Crippen molar-refractivity contribution in [3.63, 3.8) is 0 Å². The van der Waals surface area contributed by atoms with Crippen LogP contribution in [-0.4, -0.2) is 65.2 Å². The minimum Gasteiger partial charge on any atom is -0.394 e. The zero-order chi connectivity index (χ0) is 31.8. The first kappa shape index (κ1) is 29.6. The summed E-state index contributed by atoms with van der Waals surface area (Å²) in [4.78, 5) is 46.8. The Morgan fingerprint density at radius 3 is 2.62 bits per heavy atom. The molecule has 1 spiro atoms. The second-order valence-corrected chi connectivity index (χ2v) is 13.3. The van der Waals surface area contributed by atoms with Crippen LogP contribution in [0.5, 0.6) is 0 Å². The first-order valence-corrected chi connectivity index (χ1v) is 15.7. The van der Waals surface area contributed by atoms with Crippen LogP contribution in [0.15, 0.2) is 67.3 Å². The highest BCUT2D eigenvalue weighted by Gasteiger charge is 2.66. The number of hydrogen-bond acceptors (Lipinski definition) is 5. The number of anilines is 3. The van der Waals surface area contributed by atoms with E-state index in [1.54, 1.807) is 20.8 Å². The number of aliphatic hydroxyl groups excluding tert-OH is 1. The van der Waals surface area contributed by atoms with Crippen molar-refractivity contribution in [3.8, 4) is 0 Å². The van der Waals surface area contributed by atoms with E-state index in [9.17, 15) is 19.5 Å². The predicted octanol–water partition coefficient (Wildman–Crippen LogP) is 5.63. The zero-order valence-electron chi connectivity index (χ0n) is 25.8. The second-order valence-electron chi connectivity index (χ2n) is 13.3. The van der Waals surface area contributed by atoms with Crippen molar-refractivity contribution >= 4 is 45.6 Å². The molecule has 1 N–H and O–H groups in total. The Balaban J connectivity index is 1.33. The molecular weight excluding hydrogens is 573 g/mol. The number of aliphatic hydroxyl groups is 1. The Hall–Kier alpha value is -4.08. The van der Waals surface area contributed by atoms with Gasteiger partial charge in [-0.3, -0.25) is 19.3 Å². The molecule has 9 heteroatoms. The number of ether oxygens (including phenoxy) is 1. The van der Waals surface area contributed by atoms with Gasteiger partial charge in [-0.2, -0.15) is 0 Å². The lowest BCUT2D eigenvalue weighted by molar-refractivity contribution is -0.150. The molecule has 4 heterocycles. The molecule has 0 aromatic heterocycles. The van der Waals surface area contributed by atoms with Gasteiger partial charge >= 0.3 is 0 Å². The average molecular weight is 612 g/mol. The third-order valence-electron chi connectivity index (χ3n) is 10.4. The smallest absolute Gasteiger partial charge is 0.264 e. The van der Waals surface area contributed by atoms with Crippen LogP contribution < -0.4 is 9.80 Å². The summed E-state index contributed by atoms with van der Waals surface area (Å²) in [7, 11) is 0. The number of carbonyl (C=O) groups is 3. The maximum atomic E-state index is 16.2. The number of benzene rings is 3. The highest BCUT2D eigenvalue weighted by molar-refractivity contribution is 6.28. The Bertz CT molecular complexity index is 1740. The molecule has 3 aromatic carbocycles. The fourth-order valence-electron chi connectivity index (χ4n) is 8.50. The van der Waals surface area contributed by atoms with E-state index in [1.807, 2.05) is 61.5 Å². The number of alkyl halides is 1. The summed E-state index contributed by atoms with van der Waals surface area (Å²) in [6, 6.07) is 16.6. The van der Waals surface area contributed by atoms with Crippen molar-refractivity contribution in [2.75, 3.05) is 29.5 Å². The summed E-state index contributed by atoms with van der Waals surface area (Å²) in [5.41, 5.74) is -0.255. The van der Waals surface area contributed by atoms with E-state index in [-0.39, 0.29) is 43.3 Å². The number of fused-ring (bicyclic) bond motifs is 2. The van der Waals surface area contributed by atoms with Gasteiger partial charge in [-0.1, -0.05) is 37.3 Å². The minimum atomic E-state index is -1.78. The molecule has 0 bridgehead atoms. The van der Waals surface area contributed by atoms with Crippen LogP contribution in [0.3, 0.4) is 0 Å². The normalized spacial score (nSPS) is 27.4. The molecule has 5 atom stereocenters. The van der Waals surface area contributed by atoms with Gasteiger partial charge in [-0.05, 0) is 62.4 Å². The third kappa shape index (κ3) is 4.20. The Morgan fingerprint density at radius 2 is 1.91 bits per heavy atom. The van der Waals surface area contributed by atoms with Crippen LogP contribution in [0.25, 0.3) is 10.8 Å². The highest BCUT2D eigenvalue weighted by Crippen LogP contribution is 2.59. The number of nitrogens with zero attached hydrogens (tertiary/aromatic N) is 3. The number of amides is 3. The minimum absolute atomic E-state index is 0.105. The molecule has 0 aliphatic carbocycles. The summed E-state index contributed by atoms with van der Waals surface area (Å²) in [5.74, 6) is -2.15. The van der Waals surface area contributed by atoms with Gasteiger partial charge in [0.2, 0.25) is 5.91 Å². The zero-order valence-corrected chi connectivity index (χ0v) is 25.8. The summed E-state index contributed by atoms with van der Waals surface area (Å²) < 4.78 is 22.9. The monoisotopic (exact) mass is 611 g/mol. The van der Waals surface area contributed by atoms with E-state index in [0.717, 1.165) is 22.9 Å². The molecule has 0 unspecified atom stereocenters. The largest absolute Gasteiger partial charge is 0.394 e. The molecule has 234 valence electrons. The van der Waals surface area contributed by atoms with Crippen LogP contribution in [0, 0.1) is 11.8 Å². The molecule has 2 fully saturated rings. The average Bonchev–Trinajstić information content (AvgIpc) is 3.74. The van der Waals surface area contributed by atoms with Gasteiger partial charge in [0.15, 0.2) is 5.60 Å². The van der Waals surface area contributed by atoms with Gasteiger partial charge in [-0.25, -0.2) is 4.39 Å². The van der Waals surface area contributed by atoms with Crippen LogP contribution in [0.1, 0.15) is 56.0 Å². The van der Waals surface area contributed by atoms with E-state index in [4.69, 9.17) is 4.74 Å².